The summed E-state index contributed by atoms with van der Waals surface area (Å²) in [5.41, 5.74) is 0.681. The second-order valence-corrected chi connectivity index (χ2v) is 5.25. The van der Waals surface area contributed by atoms with Crippen molar-refractivity contribution in [3.63, 3.8) is 0 Å². The van der Waals surface area contributed by atoms with E-state index in [1.54, 1.807) is 0 Å². The Morgan fingerprint density at radius 3 is 2.15 bits per heavy atom. The molecular formula is C12H25N. The SMILES string of the molecule is CCC1(CC(C)C)CCN(C)CC1. The molecule has 13 heavy (non-hydrogen) atoms. The van der Waals surface area contributed by atoms with Gasteiger partial charge in [0.05, 0.1) is 0 Å². The van der Waals surface area contributed by atoms with Crippen LogP contribution in [0.1, 0.15) is 46.5 Å². The Morgan fingerprint density at radius 2 is 1.77 bits per heavy atom. The third kappa shape index (κ3) is 2.98. The average molecular weight is 183 g/mol. The number of rotatable bonds is 3. The zero-order chi connectivity index (χ0) is 9.90. The molecule has 1 heteroatoms. The van der Waals surface area contributed by atoms with Crippen LogP contribution in [0, 0.1) is 11.3 Å². The summed E-state index contributed by atoms with van der Waals surface area (Å²) in [6, 6.07) is 0. The van der Waals surface area contributed by atoms with Crippen molar-refractivity contribution in [1.82, 2.24) is 4.90 Å². The summed E-state index contributed by atoms with van der Waals surface area (Å²) >= 11 is 0. The van der Waals surface area contributed by atoms with Gasteiger partial charge in [-0.25, -0.2) is 0 Å². The highest BCUT2D eigenvalue weighted by Crippen LogP contribution is 2.40. The van der Waals surface area contributed by atoms with E-state index < -0.39 is 0 Å². The van der Waals surface area contributed by atoms with Crippen LogP contribution in [0.2, 0.25) is 0 Å². The minimum absolute atomic E-state index is 0.681. The lowest BCUT2D eigenvalue weighted by Crippen LogP contribution is -2.38. The monoisotopic (exact) mass is 183 g/mol. The number of hydrogen-bond acceptors (Lipinski definition) is 1. The fraction of sp³-hybridized carbons (Fsp3) is 1.00. The van der Waals surface area contributed by atoms with Gasteiger partial charge in [0.2, 0.25) is 0 Å². The van der Waals surface area contributed by atoms with Gasteiger partial charge in [0.25, 0.3) is 0 Å². The Labute approximate surface area is 83.5 Å². The highest BCUT2D eigenvalue weighted by molar-refractivity contribution is 4.84. The van der Waals surface area contributed by atoms with Crippen molar-refractivity contribution < 1.29 is 0 Å². The van der Waals surface area contributed by atoms with Crippen LogP contribution in [0.25, 0.3) is 0 Å². The van der Waals surface area contributed by atoms with Crippen molar-refractivity contribution >= 4 is 0 Å². The lowest BCUT2D eigenvalue weighted by molar-refractivity contribution is 0.0939. The Balaban J connectivity index is 2.50. The van der Waals surface area contributed by atoms with E-state index in [2.05, 4.69) is 32.7 Å². The second kappa shape index (κ2) is 4.45. The fourth-order valence-electron chi connectivity index (χ4n) is 2.66. The van der Waals surface area contributed by atoms with Crippen LogP contribution in [-0.2, 0) is 0 Å². The highest BCUT2D eigenvalue weighted by atomic mass is 15.1. The largest absolute Gasteiger partial charge is 0.306 e. The lowest BCUT2D eigenvalue weighted by Gasteiger charge is -2.41. The maximum absolute atomic E-state index is 2.47. The van der Waals surface area contributed by atoms with Gasteiger partial charge in [-0.2, -0.15) is 0 Å². The van der Waals surface area contributed by atoms with Crippen molar-refractivity contribution in [2.75, 3.05) is 20.1 Å². The van der Waals surface area contributed by atoms with Gasteiger partial charge in [-0.3, -0.25) is 0 Å². The third-order valence-corrected chi connectivity index (χ3v) is 3.64. The molecule has 1 rings (SSSR count). The number of likely N-dealkylation sites (tertiary alicyclic amines) is 1. The van der Waals surface area contributed by atoms with Crippen LogP contribution in [0.15, 0.2) is 0 Å². The molecule has 0 N–H and O–H groups in total. The molecule has 0 amide bonds. The van der Waals surface area contributed by atoms with Crippen LogP contribution in [0.3, 0.4) is 0 Å². The predicted molar refractivity (Wildman–Crippen MR) is 58.9 cm³/mol. The number of piperidine rings is 1. The van der Waals surface area contributed by atoms with Crippen LogP contribution < -0.4 is 0 Å². The first kappa shape index (κ1) is 11.0. The first-order chi connectivity index (χ1) is 6.08. The smallest absolute Gasteiger partial charge is 0.00165 e. The number of nitrogens with zero attached hydrogens (tertiary/aromatic N) is 1. The van der Waals surface area contributed by atoms with Gasteiger partial charge < -0.3 is 4.90 Å². The molecule has 0 unspecified atom stereocenters. The first-order valence-corrected chi connectivity index (χ1v) is 5.76. The molecular weight excluding hydrogens is 158 g/mol. The molecule has 1 nitrogen and oxygen atoms in total. The zero-order valence-electron chi connectivity index (χ0n) is 9.77. The van der Waals surface area contributed by atoms with Crippen LogP contribution in [-0.4, -0.2) is 25.0 Å². The summed E-state index contributed by atoms with van der Waals surface area (Å²) < 4.78 is 0. The van der Waals surface area contributed by atoms with E-state index in [0.29, 0.717) is 5.41 Å². The maximum atomic E-state index is 2.47. The Morgan fingerprint density at radius 1 is 1.23 bits per heavy atom. The normalized spacial score (nSPS) is 23.8. The van der Waals surface area contributed by atoms with Gasteiger partial charge >= 0.3 is 0 Å². The molecule has 0 atom stereocenters. The van der Waals surface area contributed by atoms with Crippen molar-refractivity contribution in [2.45, 2.75) is 46.5 Å². The van der Waals surface area contributed by atoms with E-state index in [9.17, 15) is 0 Å². The molecule has 78 valence electrons. The minimum atomic E-state index is 0.681. The standard InChI is InChI=1S/C12H25N/c1-5-12(10-11(2)3)6-8-13(4)9-7-12/h11H,5-10H2,1-4H3. The van der Waals surface area contributed by atoms with E-state index in [4.69, 9.17) is 0 Å². The minimum Gasteiger partial charge on any atom is -0.306 e. The van der Waals surface area contributed by atoms with Gasteiger partial charge in [0.1, 0.15) is 0 Å². The third-order valence-electron chi connectivity index (χ3n) is 3.64. The van der Waals surface area contributed by atoms with E-state index in [1.807, 2.05) is 0 Å². The Kier molecular flexibility index (Phi) is 3.78. The zero-order valence-corrected chi connectivity index (χ0v) is 9.77. The molecule has 0 aromatic carbocycles. The Bertz CT molecular complexity index is 143. The molecule has 1 fully saturated rings. The van der Waals surface area contributed by atoms with Gasteiger partial charge in [0.15, 0.2) is 0 Å². The summed E-state index contributed by atoms with van der Waals surface area (Å²) in [5, 5.41) is 0. The van der Waals surface area contributed by atoms with Crippen molar-refractivity contribution in [1.29, 1.82) is 0 Å². The molecule has 0 bridgehead atoms. The van der Waals surface area contributed by atoms with Crippen molar-refractivity contribution in [3.8, 4) is 0 Å². The molecule has 1 aliphatic rings. The van der Waals surface area contributed by atoms with Crippen LogP contribution in [0.5, 0.6) is 0 Å². The maximum Gasteiger partial charge on any atom is -0.00165 e. The van der Waals surface area contributed by atoms with Gasteiger partial charge in [-0.1, -0.05) is 27.2 Å². The average Bonchev–Trinajstić information content (AvgIpc) is 2.09. The second-order valence-electron chi connectivity index (χ2n) is 5.25. The first-order valence-electron chi connectivity index (χ1n) is 5.76. The molecule has 1 saturated heterocycles. The van der Waals surface area contributed by atoms with E-state index >= 15 is 0 Å². The van der Waals surface area contributed by atoms with E-state index in [-0.39, 0.29) is 0 Å². The topological polar surface area (TPSA) is 3.24 Å². The quantitative estimate of drug-likeness (QED) is 0.649. The summed E-state index contributed by atoms with van der Waals surface area (Å²) in [6.45, 7) is 9.69. The molecule has 0 aliphatic carbocycles. The van der Waals surface area contributed by atoms with E-state index in [0.717, 1.165) is 5.92 Å². The molecule has 0 radical (unpaired) electrons. The molecule has 1 heterocycles. The molecule has 0 aromatic heterocycles. The lowest BCUT2D eigenvalue weighted by atomic mass is 9.71. The van der Waals surface area contributed by atoms with Gasteiger partial charge in [-0.15, -0.1) is 0 Å². The molecule has 0 aromatic rings. The molecule has 1 aliphatic heterocycles. The number of hydrogen-bond donors (Lipinski definition) is 0. The predicted octanol–water partition coefficient (Wildman–Crippen LogP) is 3.15. The fourth-order valence-corrected chi connectivity index (χ4v) is 2.66. The van der Waals surface area contributed by atoms with Crippen LogP contribution >= 0.6 is 0 Å². The van der Waals surface area contributed by atoms with E-state index in [1.165, 1.54) is 38.8 Å². The molecule has 0 saturated carbocycles. The van der Waals surface area contributed by atoms with Gasteiger partial charge in [0, 0.05) is 0 Å². The van der Waals surface area contributed by atoms with Crippen molar-refractivity contribution in [3.05, 3.63) is 0 Å². The van der Waals surface area contributed by atoms with Crippen molar-refractivity contribution in [2.24, 2.45) is 11.3 Å². The summed E-state index contributed by atoms with van der Waals surface area (Å²) in [7, 11) is 2.24. The summed E-state index contributed by atoms with van der Waals surface area (Å²) in [4.78, 5) is 2.47. The summed E-state index contributed by atoms with van der Waals surface area (Å²) in [6.07, 6.45) is 5.63. The summed E-state index contributed by atoms with van der Waals surface area (Å²) in [5.74, 6) is 0.864. The Hall–Kier alpha value is -0.0400. The molecule has 0 spiro atoms. The highest BCUT2D eigenvalue weighted by Gasteiger charge is 2.32. The van der Waals surface area contributed by atoms with Gasteiger partial charge in [-0.05, 0) is 50.7 Å². The van der Waals surface area contributed by atoms with Crippen LogP contribution in [0.4, 0.5) is 0 Å².